The van der Waals surface area contributed by atoms with Gasteiger partial charge in [0.05, 0.1) is 11.9 Å². The number of nitrogens with one attached hydrogen (secondary N) is 1. The van der Waals surface area contributed by atoms with Crippen LogP contribution in [0.15, 0.2) is 24.4 Å². The molecule has 2 atom stereocenters. The highest BCUT2D eigenvalue weighted by molar-refractivity contribution is 5.44. The summed E-state index contributed by atoms with van der Waals surface area (Å²) in [6.45, 7) is 11.5. The summed E-state index contributed by atoms with van der Waals surface area (Å²) in [5.41, 5.74) is 5.95. The highest BCUT2D eigenvalue weighted by Crippen LogP contribution is 2.22. The van der Waals surface area contributed by atoms with E-state index in [9.17, 15) is 0 Å². The van der Waals surface area contributed by atoms with E-state index in [1.165, 1.54) is 16.7 Å². The van der Waals surface area contributed by atoms with Crippen molar-refractivity contribution in [3.8, 4) is 5.69 Å². The lowest BCUT2D eigenvalue weighted by atomic mass is 10.1. The van der Waals surface area contributed by atoms with E-state index in [0.29, 0.717) is 0 Å². The van der Waals surface area contributed by atoms with Gasteiger partial charge in [-0.15, -0.1) is 0 Å². The number of aryl methyl sites for hydroxylation is 2. The second kappa shape index (κ2) is 7.07. The molecule has 0 amide bonds. The highest BCUT2D eigenvalue weighted by Gasteiger charge is 2.15. The summed E-state index contributed by atoms with van der Waals surface area (Å²) in [5, 5.41) is 17.2. The van der Waals surface area contributed by atoms with Gasteiger partial charge in [0.15, 0.2) is 0 Å². The molecule has 0 aliphatic rings. The van der Waals surface area contributed by atoms with Crippen molar-refractivity contribution in [3.63, 3.8) is 0 Å². The van der Waals surface area contributed by atoms with E-state index < -0.39 is 0 Å². The van der Waals surface area contributed by atoms with Gasteiger partial charge in [0.1, 0.15) is 0 Å². The van der Waals surface area contributed by atoms with Crippen molar-refractivity contribution in [1.82, 2.24) is 15.1 Å². The van der Waals surface area contributed by atoms with E-state index in [1.54, 1.807) is 0 Å². The van der Waals surface area contributed by atoms with E-state index in [4.69, 9.17) is 5.11 Å². The van der Waals surface area contributed by atoms with E-state index in [2.05, 4.69) is 56.3 Å². The number of benzene rings is 1. The Kier molecular flexibility index (Phi) is 5.37. The van der Waals surface area contributed by atoms with E-state index in [-0.39, 0.29) is 18.6 Å². The highest BCUT2D eigenvalue weighted by atomic mass is 16.3. The van der Waals surface area contributed by atoms with E-state index in [1.807, 2.05) is 17.8 Å². The van der Waals surface area contributed by atoms with Gasteiger partial charge in [-0.05, 0) is 50.8 Å². The second-order valence-corrected chi connectivity index (χ2v) is 6.30. The Morgan fingerprint density at radius 2 is 1.95 bits per heavy atom. The molecular formula is C18H27N3O. The first-order chi connectivity index (χ1) is 10.4. The van der Waals surface area contributed by atoms with Crippen LogP contribution in [-0.4, -0.2) is 28.0 Å². The van der Waals surface area contributed by atoms with Crippen LogP contribution in [0.3, 0.4) is 0 Å². The predicted octanol–water partition coefficient (Wildman–Crippen LogP) is 3.08. The lowest BCUT2D eigenvalue weighted by molar-refractivity contribution is 0.231. The average molecular weight is 301 g/mol. The van der Waals surface area contributed by atoms with Crippen LogP contribution >= 0.6 is 0 Å². The molecule has 1 aromatic heterocycles. The number of hydrogen-bond donors (Lipinski definition) is 2. The monoisotopic (exact) mass is 301 g/mol. The summed E-state index contributed by atoms with van der Waals surface area (Å²) in [6.07, 6.45) is 1.94. The molecule has 2 N–H and O–H groups in total. The molecule has 0 saturated carbocycles. The number of aliphatic hydroxyl groups excluding tert-OH is 1. The zero-order valence-corrected chi connectivity index (χ0v) is 14.2. The molecule has 0 bridgehead atoms. The van der Waals surface area contributed by atoms with Crippen molar-refractivity contribution in [2.75, 3.05) is 13.2 Å². The Hall–Kier alpha value is -1.65. The van der Waals surface area contributed by atoms with E-state index >= 15 is 0 Å². The molecule has 120 valence electrons. The van der Waals surface area contributed by atoms with Crippen LogP contribution in [0, 0.1) is 26.7 Å². The van der Waals surface area contributed by atoms with Gasteiger partial charge in [0.25, 0.3) is 0 Å². The molecule has 0 radical (unpaired) electrons. The third-order valence-electron chi connectivity index (χ3n) is 4.19. The molecule has 4 heteroatoms. The number of rotatable bonds is 6. The smallest absolute Gasteiger partial charge is 0.0680 e. The molecule has 2 unspecified atom stereocenters. The number of nitrogens with zero attached hydrogens (tertiary/aromatic N) is 2. The molecular weight excluding hydrogens is 274 g/mol. The lowest BCUT2D eigenvalue weighted by Crippen LogP contribution is -2.26. The van der Waals surface area contributed by atoms with Crippen LogP contribution in [0.5, 0.6) is 0 Å². The van der Waals surface area contributed by atoms with Crippen molar-refractivity contribution in [3.05, 3.63) is 46.8 Å². The van der Waals surface area contributed by atoms with Crippen molar-refractivity contribution >= 4 is 0 Å². The zero-order valence-electron chi connectivity index (χ0n) is 14.2. The zero-order chi connectivity index (χ0) is 16.3. The molecule has 0 saturated heterocycles. The molecule has 0 fully saturated rings. The predicted molar refractivity (Wildman–Crippen MR) is 90.4 cm³/mol. The second-order valence-electron chi connectivity index (χ2n) is 6.30. The summed E-state index contributed by atoms with van der Waals surface area (Å²) in [5.74, 6) is 0.261. The van der Waals surface area contributed by atoms with Gasteiger partial charge in [-0.1, -0.05) is 19.1 Å². The first-order valence-electron chi connectivity index (χ1n) is 7.90. The first kappa shape index (κ1) is 16.7. The van der Waals surface area contributed by atoms with Gasteiger partial charge in [-0.25, -0.2) is 4.68 Å². The van der Waals surface area contributed by atoms with Crippen LogP contribution in [0.1, 0.15) is 42.3 Å². The minimum absolute atomic E-state index is 0.209. The largest absolute Gasteiger partial charge is 0.396 e. The van der Waals surface area contributed by atoms with Crippen LogP contribution in [0.2, 0.25) is 0 Å². The van der Waals surface area contributed by atoms with E-state index in [0.717, 1.165) is 17.9 Å². The Bertz CT molecular complexity index is 633. The molecule has 0 spiro atoms. The summed E-state index contributed by atoms with van der Waals surface area (Å²) in [6, 6.07) is 6.65. The van der Waals surface area contributed by atoms with Crippen molar-refractivity contribution < 1.29 is 5.11 Å². The van der Waals surface area contributed by atoms with Crippen molar-refractivity contribution in [2.24, 2.45) is 5.92 Å². The quantitative estimate of drug-likeness (QED) is 0.862. The molecule has 4 nitrogen and oxygen atoms in total. The summed E-state index contributed by atoms with van der Waals surface area (Å²) < 4.78 is 2.02. The number of aromatic nitrogens is 2. The maximum absolute atomic E-state index is 9.13. The van der Waals surface area contributed by atoms with Crippen LogP contribution < -0.4 is 5.32 Å². The van der Waals surface area contributed by atoms with Gasteiger partial charge in [-0.3, -0.25) is 0 Å². The maximum Gasteiger partial charge on any atom is 0.0680 e. The lowest BCUT2D eigenvalue weighted by Gasteiger charge is -2.17. The Balaban J connectivity index is 2.24. The van der Waals surface area contributed by atoms with Gasteiger partial charge in [-0.2, -0.15) is 5.10 Å². The van der Waals surface area contributed by atoms with Gasteiger partial charge in [0.2, 0.25) is 0 Å². The molecule has 22 heavy (non-hydrogen) atoms. The number of aliphatic hydroxyl groups is 1. The summed E-state index contributed by atoms with van der Waals surface area (Å²) in [7, 11) is 0. The van der Waals surface area contributed by atoms with Crippen LogP contribution in [0.4, 0.5) is 0 Å². The molecule has 1 heterocycles. The van der Waals surface area contributed by atoms with Crippen LogP contribution in [-0.2, 0) is 0 Å². The Morgan fingerprint density at radius 3 is 2.64 bits per heavy atom. The molecule has 1 aromatic carbocycles. The standard InChI is InChI=1S/C18H27N3O/c1-12-6-7-14(3)18(8-12)21-16(5)17(10-20-21)15(4)19-9-13(2)11-22/h6-8,10,13,15,19,22H,9,11H2,1-5H3. The third kappa shape index (κ3) is 3.57. The maximum atomic E-state index is 9.13. The normalized spacial score (nSPS) is 14.1. The minimum Gasteiger partial charge on any atom is -0.396 e. The van der Waals surface area contributed by atoms with Crippen molar-refractivity contribution in [2.45, 2.75) is 40.7 Å². The SMILES string of the molecule is Cc1ccc(C)c(-n2ncc(C(C)NCC(C)CO)c2C)c1. The summed E-state index contributed by atoms with van der Waals surface area (Å²) >= 11 is 0. The molecule has 0 aliphatic carbocycles. The average Bonchev–Trinajstić information content (AvgIpc) is 2.88. The van der Waals surface area contributed by atoms with Crippen LogP contribution in [0.25, 0.3) is 5.69 Å². The first-order valence-corrected chi connectivity index (χ1v) is 7.90. The molecule has 0 aliphatic heterocycles. The fourth-order valence-corrected chi connectivity index (χ4v) is 2.59. The molecule has 2 rings (SSSR count). The van der Waals surface area contributed by atoms with Gasteiger partial charge >= 0.3 is 0 Å². The van der Waals surface area contributed by atoms with Gasteiger partial charge in [0, 0.05) is 30.5 Å². The van der Waals surface area contributed by atoms with Crippen molar-refractivity contribution in [1.29, 1.82) is 0 Å². The number of hydrogen-bond acceptors (Lipinski definition) is 3. The Morgan fingerprint density at radius 1 is 1.23 bits per heavy atom. The van der Waals surface area contributed by atoms with Gasteiger partial charge < -0.3 is 10.4 Å². The summed E-state index contributed by atoms with van der Waals surface area (Å²) in [4.78, 5) is 0. The fraction of sp³-hybridized carbons (Fsp3) is 0.500. The minimum atomic E-state index is 0.209. The Labute approximate surface area is 133 Å². The molecule has 2 aromatic rings. The third-order valence-corrected chi connectivity index (χ3v) is 4.19. The topological polar surface area (TPSA) is 50.1 Å². The fourth-order valence-electron chi connectivity index (χ4n) is 2.59.